The lowest BCUT2D eigenvalue weighted by Gasteiger charge is -2.46. The number of nitrogens with zero attached hydrogens (tertiary/aromatic N) is 4. The van der Waals surface area contributed by atoms with Crippen molar-refractivity contribution in [2.45, 2.75) is 31.3 Å². The van der Waals surface area contributed by atoms with E-state index in [1.807, 2.05) is 13.8 Å². The molecule has 2 aliphatic rings. The van der Waals surface area contributed by atoms with Crippen LogP contribution in [-0.2, 0) is 16.1 Å². The highest BCUT2D eigenvalue weighted by Gasteiger charge is 2.60. The van der Waals surface area contributed by atoms with Gasteiger partial charge in [-0.25, -0.2) is 8.78 Å². The molecule has 0 spiro atoms. The number of amidine groups is 1. The van der Waals surface area contributed by atoms with Crippen LogP contribution < -0.4 is 5.48 Å². The van der Waals surface area contributed by atoms with Gasteiger partial charge in [0, 0.05) is 28.3 Å². The fraction of sp³-hybridized carbons (Fsp3) is 0.348. The van der Waals surface area contributed by atoms with Crippen LogP contribution in [0.25, 0.3) is 5.70 Å². The number of pyridine rings is 1. The molecule has 1 aromatic heterocycles. The van der Waals surface area contributed by atoms with Crippen molar-refractivity contribution in [3.63, 3.8) is 0 Å². The normalized spacial score (nSPS) is 21.9. The van der Waals surface area contributed by atoms with Crippen molar-refractivity contribution in [1.82, 2.24) is 15.4 Å². The number of nitrogens with one attached hydrogen (secondary N) is 1. The molecule has 2 aliphatic heterocycles. The van der Waals surface area contributed by atoms with Gasteiger partial charge in [-0.15, -0.1) is 0 Å². The SMILES string of the molecule is CC(C)C(=NC#N)N1CC(F)(c2ccc(C3=CC(c4cc(F)cc(Cl)c4)(C(F)(F)F)ON3)cn2)C1. The topological polar surface area (TPSA) is 73.5 Å². The molecule has 0 aliphatic carbocycles. The smallest absolute Gasteiger partial charge is 0.352 e. The molecule has 4 rings (SSSR count). The van der Waals surface area contributed by atoms with E-state index in [9.17, 15) is 17.6 Å². The second kappa shape index (κ2) is 8.77. The molecule has 35 heavy (non-hydrogen) atoms. The number of hydrogen-bond donors (Lipinski definition) is 1. The predicted octanol–water partition coefficient (Wildman–Crippen LogP) is 5.22. The largest absolute Gasteiger partial charge is 0.428 e. The first-order valence-electron chi connectivity index (χ1n) is 10.5. The van der Waals surface area contributed by atoms with Crippen molar-refractivity contribution < 1.29 is 26.8 Å². The summed E-state index contributed by atoms with van der Waals surface area (Å²) in [6.07, 6.45) is -1.26. The Balaban J connectivity index is 1.59. The zero-order chi connectivity index (χ0) is 25.6. The first kappa shape index (κ1) is 24.9. The van der Waals surface area contributed by atoms with E-state index in [-0.39, 0.29) is 41.0 Å². The lowest BCUT2D eigenvalue weighted by molar-refractivity contribution is -0.269. The van der Waals surface area contributed by atoms with Crippen molar-refractivity contribution in [2.24, 2.45) is 10.9 Å². The Labute approximate surface area is 202 Å². The van der Waals surface area contributed by atoms with Gasteiger partial charge in [-0.1, -0.05) is 25.4 Å². The van der Waals surface area contributed by atoms with Gasteiger partial charge in [0.2, 0.25) is 11.8 Å². The molecule has 0 bridgehead atoms. The molecule has 1 fully saturated rings. The predicted molar refractivity (Wildman–Crippen MR) is 118 cm³/mol. The van der Waals surface area contributed by atoms with E-state index in [4.69, 9.17) is 21.7 Å². The molecule has 1 unspecified atom stereocenters. The Morgan fingerprint density at radius 1 is 1.29 bits per heavy atom. The summed E-state index contributed by atoms with van der Waals surface area (Å²) in [6.45, 7) is 3.56. The van der Waals surface area contributed by atoms with Gasteiger partial charge < -0.3 is 4.90 Å². The molecule has 3 heterocycles. The molecule has 1 aromatic carbocycles. The molecule has 2 aromatic rings. The molecule has 12 heteroatoms. The summed E-state index contributed by atoms with van der Waals surface area (Å²) in [6, 6.07) is 5.33. The highest BCUT2D eigenvalue weighted by molar-refractivity contribution is 6.30. The zero-order valence-electron chi connectivity index (χ0n) is 18.5. The van der Waals surface area contributed by atoms with E-state index in [2.05, 4.69) is 15.5 Å². The van der Waals surface area contributed by atoms with Gasteiger partial charge in [-0.3, -0.25) is 15.3 Å². The van der Waals surface area contributed by atoms with Crippen LogP contribution in [0.2, 0.25) is 5.02 Å². The maximum atomic E-state index is 15.3. The minimum atomic E-state index is -4.95. The zero-order valence-corrected chi connectivity index (χ0v) is 19.3. The van der Waals surface area contributed by atoms with Crippen molar-refractivity contribution in [3.8, 4) is 6.19 Å². The average Bonchev–Trinajstić information content (AvgIpc) is 3.22. The van der Waals surface area contributed by atoms with Crippen molar-refractivity contribution in [2.75, 3.05) is 13.1 Å². The monoisotopic (exact) mass is 511 g/mol. The Morgan fingerprint density at radius 2 is 2.00 bits per heavy atom. The minimum absolute atomic E-state index is 0.0559. The maximum Gasteiger partial charge on any atom is 0.428 e. The van der Waals surface area contributed by atoms with Gasteiger partial charge in [-0.2, -0.15) is 23.4 Å². The third kappa shape index (κ3) is 4.44. The van der Waals surface area contributed by atoms with Crippen molar-refractivity contribution in [1.29, 1.82) is 5.26 Å². The number of hydroxylamine groups is 1. The van der Waals surface area contributed by atoms with E-state index in [0.29, 0.717) is 11.9 Å². The Morgan fingerprint density at radius 3 is 2.54 bits per heavy atom. The number of aromatic nitrogens is 1. The third-order valence-corrected chi connectivity index (χ3v) is 6.02. The van der Waals surface area contributed by atoms with Gasteiger partial charge in [-0.05, 0) is 36.4 Å². The van der Waals surface area contributed by atoms with E-state index >= 15 is 4.39 Å². The Kier molecular flexibility index (Phi) is 6.23. The standard InChI is InChI=1S/C23H19ClF5N5O/c1-13(2)20(32-12-30)34-10-21(26,11-34)19-4-3-14(9-31-19)18-8-22(35-33-18,23(27,28)29)15-5-16(24)7-17(25)6-15/h3-9,13,33H,10-11H2,1-2H3. The van der Waals surface area contributed by atoms with Crippen LogP contribution >= 0.6 is 11.6 Å². The van der Waals surface area contributed by atoms with Crippen LogP contribution in [-0.4, -0.2) is 35.0 Å². The number of benzene rings is 1. The number of alkyl halides is 4. The highest BCUT2D eigenvalue weighted by atomic mass is 35.5. The van der Waals surface area contributed by atoms with E-state index in [0.717, 1.165) is 18.2 Å². The summed E-state index contributed by atoms with van der Waals surface area (Å²) in [5.41, 5.74) is -2.88. The Hall–Kier alpha value is -3.23. The van der Waals surface area contributed by atoms with Gasteiger partial charge in [0.1, 0.15) is 11.7 Å². The summed E-state index contributed by atoms with van der Waals surface area (Å²) in [4.78, 5) is 14.4. The first-order chi connectivity index (χ1) is 16.4. The molecule has 1 saturated heterocycles. The molecule has 1 N–H and O–H groups in total. The van der Waals surface area contributed by atoms with Crippen molar-refractivity contribution in [3.05, 3.63) is 70.3 Å². The van der Waals surface area contributed by atoms with Gasteiger partial charge in [0.05, 0.1) is 24.5 Å². The highest BCUT2D eigenvalue weighted by Crippen LogP contribution is 2.48. The second-order valence-electron chi connectivity index (χ2n) is 8.63. The lowest BCUT2D eigenvalue weighted by Crippen LogP contribution is -2.60. The Bertz CT molecular complexity index is 1210. The average molecular weight is 512 g/mol. The minimum Gasteiger partial charge on any atom is -0.352 e. The van der Waals surface area contributed by atoms with Gasteiger partial charge >= 0.3 is 6.18 Å². The molecular formula is C23H19ClF5N5O. The van der Waals surface area contributed by atoms with Crippen LogP contribution in [0.5, 0.6) is 0 Å². The van der Waals surface area contributed by atoms with Crippen LogP contribution in [0.1, 0.15) is 30.7 Å². The lowest BCUT2D eigenvalue weighted by atomic mass is 9.89. The number of likely N-dealkylation sites (tertiary alicyclic amines) is 1. The molecule has 1 atom stereocenters. The number of halogens is 6. The maximum absolute atomic E-state index is 15.3. The molecule has 0 saturated carbocycles. The van der Waals surface area contributed by atoms with Crippen LogP contribution in [0.4, 0.5) is 22.0 Å². The third-order valence-electron chi connectivity index (χ3n) is 5.80. The van der Waals surface area contributed by atoms with E-state index in [1.165, 1.54) is 18.3 Å². The van der Waals surface area contributed by atoms with Crippen LogP contribution in [0, 0.1) is 23.2 Å². The molecular weight excluding hydrogens is 493 g/mol. The summed E-state index contributed by atoms with van der Waals surface area (Å²) in [5.74, 6) is -0.552. The van der Waals surface area contributed by atoms with Crippen LogP contribution in [0.3, 0.4) is 0 Å². The van der Waals surface area contributed by atoms with Crippen LogP contribution in [0.15, 0.2) is 47.6 Å². The molecule has 0 amide bonds. The van der Waals surface area contributed by atoms with Gasteiger partial charge in [0.25, 0.3) is 0 Å². The number of aliphatic imine (C=N–C) groups is 1. The second-order valence-corrected chi connectivity index (χ2v) is 9.07. The summed E-state index contributed by atoms with van der Waals surface area (Å²) in [7, 11) is 0. The fourth-order valence-corrected chi connectivity index (χ4v) is 4.29. The molecule has 184 valence electrons. The number of hydrogen-bond acceptors (Lipinski definition) is 5. The number of rotatable bonds is 4. The van der Waals surface area contributed by atoms with E-state index < -0.39 is 28.8 Å². The van der Waals surface area contributed by atoms with Gasteiger partial charge in [0.15, 0.2) is 5.67 Å². The van der Waals surface area contributed by atoms with Crippen molar-refractivity contribution >= 4 is 23.1 Å². The number of nitriles is 1. The first-order valence-corrected chi connectivity index (χ1v) is 10.8. The summed E-state index contributed by atoms with van der Waals surface area (Å²) in [5, 5.41) is 8.62. The molecule has 6 nitrogen and oxygen atoms in total. The van der Waals surface area contributed by atoms with E-state index in [1.54, 1.807) is 11.1 Å². The summed E-state index contributed by atoms with van der Waals surface area (Å²) < 4.78 is 71.3. The quantitative estimate of drug-likeness (QED) is 0.263. The fourth-order valence-electron chi connectivity index (χ4n) is 4.07. The molecule has 0 radical (unpaired) electrons. The summed E-state index contributed by atoms with van der Waals surface area (Å²) >= 11 is 5.76.